The van der Waals surface area contributed by atoms with E-state index in [1.165, 1.54) is 31.3 Å². The molecule has 0 nitrogen and oxygen atoms in total. The van der Waals surface area contributed by atoms with Crippen LogP contribution in [0.2, 0.25) is 0 Å². The first-order chi connectivity index (χ1) is 8.50. The van der Waals surface area contributed by atoms with E-state index in [0.29, 0.717) is 5.92 Å². The lowest BCUT2D eigenvalue weighted by Gasteiger charge is -2.28. The Morgan fingerprint density at radius 2 is 1.89 bits per heavy atom. The molecule has 1 fully saturated rings. The van der Waals surface area contributed by atoms with Crippen molar-refractivity contribution in [2.45, 2.75) is 43.0 Å². The lowest BCUT2D eigenvalue weighted by molar-refractivity contribution is 0.323. The quantitative estimate of drug-likeness (QED) is 0.457. The zero-order valence-corrected chi connectivity index (χ0v) is 13.4. The smallest absolute Gasteiger partial charge is 0.114 e. The summed E-state index contributed by atoms with van der Waals surface area (Å²) in [6.45, 7) is 4.14. The highest BCUT2D eigenvalue weighted by Crippen LogP contribution is 2.37. The van der Waals surface area contributed by atoms with Crippen molar-refractivity contribution < 1.29 is 4.39 Å². The third-order valence-electron chi connectivity index (χ3n) is 4.05. The van der Waals surface area contributed by atoms with E-state index in [0.717, 1.165) is 11.5 Å². The van der Waals surface area contributed by atoms with Crippen molar-refractivity contribution in [2.75, 3.05) is 6.67 Å². The second kappa shape index (κ2) is 5.89. The molecule has 0 aromatic carbocycles. The third-order valence-corrected chi connectivity index (χ3v) is 4.67. The summed E-state index contributed by atoms with van der Waals surface area (Å²) in [5.41, 5.74) is 2.22. The van der Waals surface area contributed by atoms with Crippen LogP contribution in [-0.4, -0.2) is 10.1 Å². The van der Waals surface area contributed by atoms with E-state index in [1.54, 1.807) is 0 Å². The molecule has 2 rings (SSSR count). The first kappa shape index (κ1) is 14.3. The lowest BCUT2D eigenvalue weighted by Crippen LogP contribution is -2.16. The Morgan fingerprint density at radius 3 is 2.50 bits per heavy atom. The minimum Gasteiger partial charge on any atom is -0.246 e. The van der Waals surface area contributed by atoms with Crippen LogP contribution in [0.15, 0.2) is 35.5 Å². The standard InChI is InChI=1S/C16H22FI/c1-12-3-6-14(7-4-12)15-8-5-13(11-17)9-16(2,18)10-15/h5,8-10,12,14H,3-4,6-7,11H2,1-2H3. The van der Waals surface area contributed by atoms with Crippen molar-refractivity contribution in [2.24, 2.45) is 11.8 Å². The molecule has 0 N–H and O–H groups in total. The largest absolute Gasteiger partial charge is 0.246 e. The van der Waals surface area contributed by atoms with Gasteiger partial charge in [-0.25, -0.2) is 4.39 Å². The maximum Gasteiger partial charge on any atom is 0.114 e. The Morgan fingerprint density at radius 1 is 1.22 bits per heavy atom. The molecule has 2 aliphatic rings. The molecule has 18 heavy (non-hydrogen) atoms. The van der Waals surface area contributed by atoms with E-state index >= 15 is 0 Å². The van der Waals surface area contributed by atoms with Crippen LogP contribution < -0.4 is 0 Å². The van der Waals surface area contributed by atoms with Gasteiger partial charge in [-0.05, 0) is 42.7 Å². The molecule has 0 radical (unpaired) electrons. The molecule has 1 atom stereocenters. The van der Waals surface area contributed by atoms with Crippen LogP contribution in [-0.2, 0) is 0 Å². The van der Waals surface area contributed by atoms with E-state index in [9.17, 15) is 4.39 Å². The minimum atomic E-state index is -0.363. The fraction of sp³-hybridized carbons (Fsp3) is 0.625. The van der Waals surface area contributed by atoms with Gasteiger partial charge in [0.05, 0.1) is 3.42 Å². The molecule has 2 heteroatoms. The fourth-order valence-electron chi connectivity index (χ4n) is 2.96. The van der Waals surface area contributed by atoms with Crippen molar-refractivity contribution >= 4 is 22.6 Å². The minimum absolute atomic E-state index is 0.0545. The number of halogens is 2. The molecule has 0 heterocycles. The predicted molar refractivity (Wildman–Crippen MR) is 84.8 cm³/mol. The highest BCUT2D eigenvalue weighted by atomic mass is 127. The van der Waals surface area contributed by atoms with E-state index in [-0.39, 0.29) is 10.1 Å². The second-order valence-corrected chi connectivity index (χ2v) is 8.26. The Hall–Kier alpha value is -0.120. The Kier molecular flexibility index (Phi) is 4.68. The van der Waals surface area contributed by atoms with Gasteiger partial charge < -0.3 is 0 Å². The van der Waals surface area contributed by atoms with Crippen LogP contribution in [0, 0.1) is 11.8 Å². The zero-order chi connectivity index (χ0) is 13.2. The van der Waals surface area contributed by atoms with Gasteiger partial charge in [-0.3, -0.25) is 0 Å². The summed E-state index contributed by atoms with van der Waals surface area (Å²) in [5, 5.41) is 0. The summed E-state index contributed by atoms with van der Waals surface area (Å²) in [6, 6.07) is 0. The maximum absolute atomic E-state index is 12.9. The van der Waals surface area contributed by atoms with Crippen LogP contribution in [0.5, 0.6) is 0 Å². The second-order valence-electron chi connectivity index (χ2n) is 5.94. The van der Waals surface area contributed by atoms with Gasteiger partial charge in [0.25, 0.3) is 0 Å². The van der Waals surface area contributed by atoms with Crippen LogP contribution in [0.4, 0.5) is 4.39 Å². The fourth-order valence-corrected chi connectivity index (χ4v) is 3.72. The van der Waals surface area contributed by atoms with Gasteiger partial charge in [-0.15, -0.1) is 0 Å². The summed E-state index contributed by atoms with van der Waals surface area (Å²) in [7, 11) is 0. The molecule has 0 saturated heterocycles. The summed E-state index contributed by atoms with van der Waals surface area (Å²) < 4.78 is 12.8. The van der Waals surface area contributed by atoms with Gasteiger partial charge in [0.15, 0.2) is 0 Å². The average Bonchev–Trinajstić information content (AvgIpc) is 2.48. The van der Waals surface area contributed by atoms with Crippen molar-refractivity contribution in [3.05, 3.63) is 35.5 Å². The summed E-state index contributed by atoms with van der Waals surface area (Å²) >= 11 is 2.41. The number of alkyl halides is 2. The molecule has 0 spiro atoms. The molecule has 0 bridgehead atoms. The molecule has 0 amide bonds. The van der Waals surface area contributed by atoms with Crippen LogP contribution >= 0.6 is 22.6 Å². The van der Waals surface area contributed by atoms with Crippen LogP contribution in [0.1, 0.15) is 39.5 Å². The highest BCUT2D eigenvalue weighted by molar-refractivity contribution is 14.1. The van der Waals surface area contributed by atoms with Gasteiger partial charge in [0, 0.05) is 0 Å². The van der Waals surface area contributed by atoms with Crippen LogP contribution in [0.3, 0.4) is 0 Å². The summed E-state index contributed by atoms with van der Waals surface area (Å²) in [4.78, 5) is 0. The molecule has 2 aliphatic carbocycles. The number of rotatable bonds is 2. The molecule has 0 aromatic heterocycles. The molecule has 0 aromatic rings. The maximum atomic E-state index is 12.9. The Bertz CT molecular complexity index is 382. The first-order valence-corrected chi connectivity index (χ1v) is 7.95. The molecular weight excluding hydrogens is 338 g/mol. The molecular formula is C16H22FI. The normalized spacial score (nSPS) is 36.9. The van der Waals surface area contributed by atoms with Gasteiger partial charge in [0.1, 0.15) is 6.67 Å². The van der Waals surface area contributed by atoms with Crippen molar-refractivity contribution in [3.8, 4) is 0 Å². The van der Waals surface area contributed by atoms with Crippen LogP contribution in [0.25, 0.3) is 0 Å². The zero-order valence-electron chi connectivity index (χ0n) is 11.3. The highest BCUT2D eigenvalue weighted by Gasteiger charge is 2.24. The third kappa shape index (κ3) is 3.69. The average molecular weight is 360 g/mol. The van der Waals surface area contributed by atoms with E-state index in [1.807, 2.05) is 12.2 Å². The van der Waals surface area contributed by atoms with E-state index in [4.69, 9.17) is 0 Å². The summed E-state index contributed by atoms with van der Waals surface area (Å²) in [5.74, 6) is 1.56. The summed E-state index contributed by atoms with van der Waals surface area (Å²) in [6.07, 6.45) is 13.7. The van der Waals surface area contributed by atoms with Crippen molar-refractivity contribution in [3.63, 3.8) is 0 Å². The van der Waals surface area contributed by atoms with Gasteiger partial charge in [0.2, 0.25) is 0 Å². The van der Waals surface area contributed by atoms with E-state index in [2.05, 4.69) is 48.6 Å². The molecule has 100 valence electrons. The molecule has 1 saturated carbocycles. The topological polar surface area (TPSA) is 0 Å². The molecule has 0 aliphatic heterocycles. The monoisotopic (exact) mass is 360 g/mol. The number of hydrogen-bond donors (Lipinski definition) is 0. The lowest BCUT2D eigenvalue weighted by atomic mass is 9.78. The Labute approximate surface area is 124 Å². The number of allylic oxidation sites excluding steroid dienone is 6. The van der Waals surface area contributed by atoms with Crippen molar-refractivity contribution in [1.82, 2.24) is 0 Å². The van der Waals surface area contributed by atoms with Crippen molar-refractivity contribution in [1.29, 1.82) is 0 Å². The first-order valence-electron chi connectivity index (χ1n) is 6.87. The predicted octanol–water partition coefficient (Wildman–Crippen LogP) is 5.40. The molecule has 1 unspecified atom stereocenters. The van der Waals surface area contributed by atoms with Gasteiger partial charge in [-0.2, -0.15) is 0 Å². The van der Waals surface area contributed by atoms with E-state index < -0.39 is 0 Å². The number of hydrogen-bond acceptors (Lipinski definition) is 0. The SMILES string of the molecule is CC1CCC(C2=CC(C)(I)C=C(CF)C=C2)CC1. The van der Waals surface area contributed by atoms with Gasteiger partial charge in [-0.1, -0.05) is 66.7 Å². The Balaban J connectivity index is 2.16. The van der Waals surface area contributed by atoms with Gasteiger partial charge >= 0.3 is 0 Å².